The Balaban J connectivity index is 3.26. The molecule has 0 fully saturated rings. The Morgan fingerprint density at radius 2 is 1.96 bits per heavy atom. The summed E-state index contributed by atoms with van der Waals surface area (Å²) >= 11 is 17.6. The van der Waals surface area contributed by atoms with E-state index in [1.165, 1.54) is 12.3 Å². The van der Waals surface area contributed by atoms with Gasteiger partial charge in [0, 0.05) is 6.20 Å². The van der Waals surface area contributed by atoms with Crippen LogP contribution in [0.5, 0.6) is 0 Å². The first kappa shape index (κ1) is 21.7. The van der Waals surface area contributed by atoms with E-state index in [4.69, 9.17) is 39.5 Å². The second kappa shape index (κ2) is 9.97. The van der Waals surface area contributed by atoms with Crippen molar-refractivity contribution in [2.75, 3.05) is 13.2 Å². The van der Waals surface area contributed by atoms with Crippen LogP contribution < -0.4 is 5.32 Å². The number of carbonyl (C=O) groups excluding carboxylic acids is 2. The molecule has 1 atom stereocenters. The van der Waals surface area contributed by atoms with Gasteiger partial charge in [0.25, 0.3) is 0 Å². The van der Waals surface area contributed by atoms with Gasteiger partial charge in [0.15, 0.2) is 0 Å². The number of aliphatic hydroxyl groups is 1. The average molecular weight is 410 g/mol. The van der Waals surface area contributed by atoms with Crippen LogP contribution in [0.3, 0.4) is 0 Å². The van der Waals surface area contributed by atoms with Gasteiger partial charge in [0.1, 0.15) is 16.4 Å². The molecule has 2 N–H and O–H groups in total. The number of halogens is 3. The summed E-state index contributed by atoms with van der Waals surface area (Å²) in [4.78, 5) is 28.7. The zero-order chi connectivity index (χ0) is 19.1. The number of hydrogen-bond acceptors (Lipinski definition) is 6. The molecule has 1 rings (SSSR count). The van der Waals surface area contributed by atoms with E-state index in [0.29, 0.717) is 0 Å². The van der Waals surface area contributed by atoms with Crippen LogP contribution >= 0.6 is 34.8 Å². The molecule has 0 spiro atoms. The number of pyridine rings is 1. The van der Waals surface area contributed by atoms with Gasteiger partial charge in [-0.1, -0.05) is 48.7 Å². The number of hydrogen-bond donors (Lipinski definition) is 2. The van der Waals surface area contributed by atoms with Crippen LogP contribution in [0.4, 0.5) is 0 Å². The van der Waals surface area contributed by atoms with E-state index >= 15 is 0 Å². The summed E-state index contributed by atoms with van der Waals surface area (Å²) in [7, 11) is 0. The van der Waals surface area contributed by atoms with Crippen LogP contribution in [0.2, 0.25) is 15.2 Å². The second-order valence-corrected chi connectivity index (χ2v) is 6.57. The minimum atomic E-state index is -0.843. The highest BCUT2D eigenvalue weighted by atomic mass is 35.5. The Hall–Kier alpha value is -1.34. The molecule has 25 heavy (non-hydrogen) atoms. The van der Waals surface area contributed by atoms with Crippen molar-refractivity contribution in [3.8, 4) is 0 Å². The molecular formula is C16H19Cl3N2O4. The van der Waals surface area contributed by atoms with Crippen molar-refractivity contribution in [3.05, 3.63) is 38.7 Å². The molecule has 1 aromatic rings. The van der Waals surface area contributed by atoms with Crippen molar-refractivity contribution in [1.29, 1.82) is 0 Å². The molecule has 0 aliphatic carbocycles. The minimum absolute atomic E-state index is 0.0443. The molecular weight excluding hydrogens is 391 g/mol. The van der Waals surface area contributed by atoms with Gasteiger partial charge in [-0.2, -0.15) is 0 Å². The molecule has 6 nitrogen and oxygen atoms in total. The molecule has 1 aromatic heterocycles. The number of aliphatic hydroxyl groups excluding tert-OH is 1. The average Bonchev–Trinajstić information content (AvgIpc) is 2.54. The molecule has 1 heterocycles. The Bertz CT molecular complexity index is 678. The van der Waals surface area contributed by atoms with Crippen molar-refractivity contribution in [1.82, 2.24) is 10.3 Å². The summed E-state index contributed by atoms with van der Waals surface area (Å²) in [5.41, 5.74) is -0.531. The predicted molar refractivity (Wildman–Crippen MR) is 97.2 cm³/mol. The summed E-state index contributed by atoms with van der Waals surface area (Å²) in [6, 6.07) is 0.918. The highest BCUT2D eigenvalue weighted by Gasteiger charge is 2.26. The molecule has 0 bridgehead atoms. The Morgan fingerprint density at radius 3 is 2.48 bits per heavy atom. The lowest BCUT2D eigenvalue weighted by molar-refractivity contribution is -0.138. The first-order valence-electron chi connectivity index (χ1n) is 7.53. The van der Waals surface area contributed by atoms with Gasteiger partial charge in [-0.05, 0) is 18.9 Å². The fourth-order valence-corrected chi connectivity index (χ4v) is 2.39. The number of Topliss-reactive ketones (excluding diaryl/α,β-unsaturated/α-hetero) is 1. The number of esters is 1. The lowest BCUT2D eigenvalue weighted by Gasteiger charge is -2.19. The molecule has 0 saturated carbocycles. The van der Waals surface area contributed by atoms with Gasteiger partial charge in [-0.25, -0.2) is 9.78 Å². The van der Waals surface area contributed by atoms with Gasteiger partial charge in [-0.3, -0.25) is 4.79 Å². The fourth-order valence-electron chi connectivity index (χ4n) is 1.80. The van der Waals surface area contributed by atoms with E-state index in [2.05, 4.69) is 10.3 Å². The number of carbonyl (C=O) groups is 2. The molecule has 0 aromatic carbocycles. The summed E-state index contributed by atoms with van der Waals surface area (Å²) in [6.45, 7) is 5.28. The Morgan fingerprint density at radius 1 is 1.32 bits per heavy atom. The summed E-state index contributed by atoms with van der Waals surface area (Å²) in [6.07, 6.45) is 1.20. The van der Waals surface area contributed by atoms with Crippen molar-refractivity contribution in [2.45, 2.75) is 26.8 Å². The Labute approximate surface area is 161 Å². The number of nitrogens with one attached hydrogen (secondary N) is 1. The largest absolute Gasteiger partial charge is 0.462 e. The van der Waals surface area contributed by atoms with E-state index < -0.39 is 11.8 Å². The lowest BCUT2D eigenvalue weighted by atomic mass is 10.0. The van der Waals surface area contributed by atoms with Gasteiger partial charge in [0.2, 0.25) is 5.78 Å². The summed E-state index contributed by atoms with van der Waals surface area (Å²) in [5.74, 6) is -1.55. The first-order chi connectivity index (χ1) is 11.7. The van der Waals surface area contributed by atoms with Gasteiger partial charge >= 0.3 is 5.97 Å². The van der Waals surface area contributed by atoms with E-state index in [0.717, 1.165) is 0 Å². The molecule has 0 aliphatic rings. The first-order valence-corrected chi connectivity index (χ1v) is 8.66. The van der Waals surface area contributed by atoms with E-state index in [1.54, 1.807) is 6.92 Å². The highest BCUT2D eigenvalue weighted by molar-refractivity contribution is 6.43. The van der Waals surface area contributed by atoms with Crippen molar-refractivity contribution in [3.63, 3.8) is 0 Å². The maximum Gasteiger partial charge on any atom is 0.343 e. The number of ether oxygens (including phenoxy) is 1. The van der Waals surface area contributed by atoms with E-state index in [-0.39, 0.29) is 51.6 Å². The van der Waals surface area contributed by atoms with Gasteiger partial charge in [0.05, 0.1) is 29.3 Å². The van der Waals surface area contributed by atoms with Crippen molar-refractivity contribution >= 4 is 46.6 Å². The summed E-state index contributed by atoms with van der Waals surface area (Å²) < 4.78 is 4.91. The molecule has 9 heteroatoms. The van der Waals surface area contributed by atoms with E-state index in [9.17, 15) is 14.7 Å². The standard InChI is InChI=1S/C16H19Cl3N2O4/c1-4-25-16(24)9(6-20-12(7-22)8(2)3)14(23)13-10(17)5-11(18)15(19)21-13/h5-6,8,12,20,22H,4,7H2,1-3H3/b9-6+/t12-/m1/s1. The molecule has 0 saturated heterocycles. The maximum atomic E-state index is 12.7. The van der Waals surface area contributed by atoms with E-state index in [1.807, 2.05) is 13.8 Å². The van der Waals surface area contributed by atoms with Crippen LogP contribution in [0.15, 0.2) is 17.8 Å². The third kappa shape index (κ3) is 5.85. The number of rotatable bonds is 8. The molecule has 0 amide bonds. The van der Waals surface area contributed by atoms with Crippen LogP contribution in [0.25, 0.3) is 0 Å². The topological polar surface area (TPSA) is 88.5 Å². The van der Waals surface area contributed by atoms with Crippen LogP contribution in [-0.4, -0.2) is 41.1 Å². The zero-order valence-corrected chi connectivity index (χ0v) is 16.2. The minimum Gasteiger partial charge on any atom is -0.462 e. The Kier molecular flexibility index (Phi) is 8.65. The fraction of sp³-hybridized carbons (Fsp3) is 0.438. The maximum absolute atomic E-state index is 12.7. The van der Waals surface area contributed by atoms with Crippen LogP contribution in [0, 0.1) is 5.92 Å². The van der Waals surface area contributed by atoms with Gasteiger partial charge < -0.3 is 15.2 Å². The van der Waals surface area contributed by atoms with Gasteiger partial charge in [-0.15, -0.1) is 0 Å². The third-order valence-corrected chi connectivity index (χ3v) is 4.25. The molecule has 0 unspecified atom stereocenters. The normalized spacial score (nSPS) is 12.9. The predicted octanol–water partition coefficient (Wildman–Crippen LogP) is 3.28. The monoisotopic (exact) mass is 408 g/mol. The van der Waals surface area contributed by atoms with Crippen molar-refractivity contribution in [2.24, 2.45) is 5.92 Å². The number of ketones is 1. The molecule has 0 radical (unpaired) electrons. The smallest absolute Gasteiger partial charge is 0.343 e. The lowest BCUT2D eigenvalue weighted by Crippen LogP contribution is -2.34. The molecule has 138 valence electrons. The zero-order valence-electron chi connectivity index (χ0n) is 14.0. The van der Waals surface area contributed by atoms with Crippen molar-refractivity contribution < 1.29 is 19.4 Å². The van der Waals surface area contributed by atoms with Crippen LogP contribution in [-0.2, 0) is 9.53 Å². The third-order valence-electron chi connectivity index (χ3n) is 3.28. The summed E-state index contributed by atoms with van der Waals surface area (Å²) in [5, 5.41) is 12.1. The SMILES string of the molecule is CCOC(=O)/C(=C/N[C@H](CO)C(C)C)C(=O)c1nc(Cl)c(Cl)cc1Cl. The molecule has 0 aliphatic heterocycles. The second-order valence-electron chi connectivity index (χ2n) is 5.40. The number of nitrogens with zero attached hydrogens (tertiary/aromatic N) is 1. The highest BCUT2D eigenvalue weighted by Crippen LogP contribution is 2.27. The van der Waals surface area contributed by atoms with Crippen LogP contribution in [0.1, 0.15) is 31.3 Å². The number of aromatic nitrogens is 1. The quantitative estimate of drug-likeness (QED) is 0.171.